The van der Waals surface area contributed by atoms with Crippen molar-refractivity contribution in [2.45, 2.75) is 45.4 Å². The molecule has 0 unspecified atom stereocenters. The zero-order valence-corrected chi connectivity index (χ0v) is 20.8. The van der Waals surface area contributed by atoms with Crippen molar-refractivity contribution < 1.29 is 0 Å². The summed E-state index contributed by atoms with van der Waals surface area (Å²) in [7, 11) is 0. The number of hydrogen-bond donors (Lipinski definition) is 0. The Morgan fingerprint density at radius 2 is 1.56 bits per heavy atom. The molecule has 0 amide bonds. The highest BCUT2D eigenvalue weighted by Gasteiger charge is 2.22. The molecule has 7 rings (SSSR count). The quantitative estimate of drug-likeness (QED) is 0.295. The molecule has 0 atom stereocenters. The SMILES string of the molecule is Cc1c2c(c(-c3cccc(-c4nc5c(n4C4=CCCC=C4)C=CCC5)c3)c3ccccc13)C=CCC2. The molecule has 0 fully saturated rings. The minimum absolute atomic E-state index is 1.00. The molecule has 176 valence electrons. The molecule has 2 heteroatoms. The van der Waals surface area contributed by atoms with E-state index in [9.17, 15) is 0 Å². The van der Waals surface area contributed by atoms with Crippen molar-refractivity contribution >= 4 is 28.6 Å². The van der Waals surface area contributed by atoms with Crippen molar-refractivity contribution in [2.75, 3.05) is 0 Å². The van der Waals surface area contributed by atoms with Crippen LogP contribution in [0.15, 0.2) is 78.9 Å². The van der Waals surface area contributed by atoms with E-state index in [-0.39, 0.29) is 0 Å². The van der Waals surface area contributed by atoms with Gasteiger partial charge in [0.15, 0.2) is 0 Å². The van der Waals surface area contributed by atoms with Gasteiger partial charge in [-0.05, 0) is 102 Å². The van der Waals surface area contributed by atoms with E-state index in [2.05, 4.69) is 103 Å². The zero-order chi connectivity index (χ0) is 24.1. The van der Waals surface area contributed by atoms with Gasteiger partial charge >= 0.3 is 0 Å². The molecule has 2 nitrogen and oxygen atoms in total. The van der Waals surface area contributed by atoms with Crippen molar-refractivity contribution in [1.82, 2.24) is 9.55 Å². The second kappa shape index (κ2) is 8.64. The van der Waals surface area contributed by atoms with Gasteiger partial charge in [0.1, 0.15) is 5.82 Å². The van der Waals surface area contributed by atoms with E-state index in [0.29, 0.717) is 0 Å². The van der Waals surface area contributed by atoms with E-state index in [1.165, 1.54) is 61.2 Å². The van der Waals surface area contributed by atoms with Gasteiger partial charge in [-0.1, -0.05) is 72.8 Å². The van der Waals surface area contributed by atoms with E-state index in [0.717, 1.165) is 44.3 Å². The average Bonchev–Trinajstić information content (AvgIpc) is 3.34. The summed E-state index contributed by atoms with van der Waals surface area (Å²) in [6.07, 6.45) is 22.6. The number of nitrogens with zero attached hydrogens (tertiary/aromatic N) is 2. The number of aryl methyl sites for hydroxylation is 2. The van der Waals surface area contributed by atoms with Crippen LogP contribution in [0, 0.1) is 6.92 Å². The first kappa shape index (κ1) is 21.4. The molecule has 0 saturated carbocycles. The number of hydrogen-bond acceptors (Lipinski definition) is 1. The molecule has 3 aliphatic rings. The standard InChI is InChI=1S/C34H30N2/c1-23-27-16-5-7-18-29(27)33(30-19-8-6-17-28(23)30)24-12-11-13-25(22-24)34-35-31-20-9-10-21-32(31)36(34)26-14-3-2-4-15-26/h3,5,7-8,10-16,18-19,21-22H,2,4,6,9,17,20H2,1H3. The van der Waals surface area contributed by atoms with Gasteiger partial charge in [0.25, 0.3) is 0 Å². The highest BCUT2D eigenvalue weighted by molar-refractivity contribution is 6.04. The highest BCUT2D eigenvalue weighted by atomic mass is 15.1. The molecule has 0 aliphatic heterocycles. The van der Waals surface area contributed by atoms with Crippen molar-refractivity contribution in [3.63, 3.8) is 0 Å². The van der Waals surface area contributed by atoms with Crippen LogP contribution in [0.2, 0.25) is 0 Å². The van der Waals surface area contributed by atoms with Crippen LogP contribution in [0.25, 0.3) is 51.1 Å². The van der Waals surface area contributed by atoms with Gasteiger partial charge < -0.3 is 0 Å². The Bertz CT molecular complexity index is 1640. The first-order valence-corrected chi connectivity index (χ1v) is 13.3. The number of aromatic nitrogens is 2. The van der Waals surface area contributed by atoms with Crippen molar-refractivity contribution in [2.24, 2.45) is 0 Å². The molecule has 36 heavy (non-hydrogen) atoms. The number of benzene rings is 3. The van der Waals surface area contributed by atoms with Crippen LogP contribution >= 0.6 is 0 Å². The summed E-state index contributed by atoms with van der Waals surface area (Å²) in [4.78, 5) is 5.22. The molecule has 1 heterocycles. The van der Waals surface area contributed by atoms with Crippen LogP contribution in [-0.2, 0) is 12.8 Å². The summed E-state index contributed by atoms with van der Waals surface area (Å²) in [5.74, 6) is 1.05. The minimum atomic E-state index is 1.00. The second-order valence-electron chi connectivity index (χ2n) is 10.1. The number of imidazole rings is 1. The predicted octanol–water partition coefficient (Wildman–Crippen LogP) is 8.79. The Morgan fingerprint density at radius 3 is 2.44 bits per heavy atom. The summed E-state index contributed by atoms with van der Waals surface area (Å²) in [5.41, 5.74) is 11.8. The molecule has 0 N–H and O–H groups in total. The maximum atomic E-state index is 5.22. The van der Waals surface area contributed by atoms with Crippen molar-refractivity contribution in [3.8, 4) is 22.5 Å². The third-order valence-electron chi connectivity index (χ3n) is 7.95. The lowest BCUT2D eigenvalue weighted by Gasteiger charge is -2.22. The maximum Gasteiger partial charge on any atom is 0.145 e. The van der Waals surface area contributed by atoms with Gasteiger partial charge in [0.2, 0.25) is 0 Å². The van der Waals surface area contributed by atoms with Crippen LogP contribution in [0.4, 0.5) is 0 Å². The molecule has 0 radical (unpaired) electrons. The van der Waals surface area contributed by atoms with Crippen LogP contribution in [0.5, 0.6) is 0 Å². The molecule has 0 saturated heterocycles. The molecular weight excluding hydrogens is 436 g/mol. The minimum Gasteiger partial charge on any atom is -0.293 e. The Morgan fingerprint density at radius 1 is 0.750 bits per heavy atom. The van der Waals surface area contributed by atoms with E-state index in [4.69, 9.17) is 4.98 Å². The molecule has 1 aromatic heterocycles. The maximum absolute atomic E-state index is 5.22. The summed E-state index contributed by atoms with van der Waals surface area (Å²) in [5, 5.41) is 2.70. The third kappa shape index (κ3) is 3.36. The monoisotopic (exact) mass is 466 g/mol. The lowest BCUT2D eigenvalue weighted by atomic mass is 9.82. The highest BCUT2D eigenvalue weighted by Crippen LogP contribution is 2.41. The molecule has 0 bridgehead atoms. The van der Waals surface area contributed by atoms with E-state index in [1.807, 2.05) is 0 Å². The van der Waals surface area contributed by atoms with E-state index in [1.54, 1.807) is 0 Å². The van der Waals surface area contributed by atoms with E-state index < -0.39 is 0 Å². The summed E-state index contributed by atoms with van der Waals surface area (Å²) < 4.78 is 2.38. The Hall–Kier alpha value is -3.91. The van der Waals surface area contributed by atoms with Crippen LogP contribution in [0.1, 0.15) is 53.8 Å². The molecular formula is C34H30N2. The number of allylic oxidation sites excluding steroid dienone is 6. The van der Waals surface area contributed by atoms with Gasteiger partial charge in [-0.15, -0.1) is 0 Å². The first-order chi connectivity index (χ1) is 17.8. The third-order valence-corrected chi connectivity index (χ3v) is 7.95. The van der Waals surface area contributed by atoms with E-state index >= 15 is 0 Å². The van der Waals surface area contributed by atoms with Gasteiger partial charge in [0.05, 0.1) is 11.4 Å². The first-order valence-electron chi connectivity index (χ1n) is 13.3. The van der Waals surface area contributed by atoms with Crippen LogP contribution in [-0.4, -0.2) is 9.55 Å². The summed E-state index contributed by atoms with van der Waals surface area (Å²) in [6, 6.07) is 18.0. The van der Waals surface area contributed by atoms with Gasteiger partial charge in [-0.3, -0.25) is 4.57 Å². The largest absolute Gasteiger partial charge is 0.293 e. The average molecular weight is 467 g/mol. The lowest BCUT2D eigenvalue weighted by Crippen LogP contribution is -2.04. The van der Waals surface area contributed by atoms with Crippen LogP contribution in [0.3, 0.4) is 0 Å². The predicted molar refractivity (Wildman–Crippen MR) is 153 cm³/mol. The fourth-order valence-electron chi connectivity index (χ4n) is 6.22. The van der Waals surface area contributed by atoms with Crippen LogP contribution < -0.4 is 0 Å². The molecule has 3 aliphatic carbocycles. The molecule has 3 aromatic carbocycles. The number of fused-ring (bicyclic) bond motifs is 3. The smallest absolute Gasteiger partial charge is 0.145 e. The Kier molecular flexibility index (Phi) is 5.13. The summed E-state index contributed by atoms with van der Waals surface area (Å²) in [6.45, 7) is 2.29. The second-order valence-corrected chi connectivity index (χ2v) is 10.1. The Labute approximate surface area is 213 Å². The normalized spacial score (nSPS) is 16.2. The fourth-order valence-corrected chi connectivity index (χ4v) is 6.22. The van der Waals surface area contributed by atoms with Gasteiger partial charge in [0, 0.05) is 11.3 Å². The lowest BCUT2D eigenvalue weighted by molar-refractivity contribution is 0.936. The number of rotatable bonds is 3. The van der Waals surface area contributed by atoms with Crippen molar-refractivity contribution in [1.29, 1.82) is 0 Å². The fraction of sp³-hybridized carbons (Fsp3) is 0.206. The van der Waals surface area contributed by atoms with Gasteiger partial charge in [-0.2, -0.15) is 0 Å². The summed E-state index contributed by atoms with van der Waals surface area (Å²) >= 11 is 0. The van der Waals surface area contributed by atoms with Gasteiger partial charge in [-0.25, -0.2) is 4.98 Å². The Balaban J connectivity index is 1.47. The topological polar surface area (TPSA) is 17.8 Å². The molecule has 4 aromatic rings. The zero-order valence-electron chi connectivity index (χ0n) is 20.8. The molecule has 0 spiro atoms. The van der Waals surface area contributed by atoms with Crippen molar-refractivity contribution in [3.05, 3.63) is 107 Å².